The highest BCUT2D eigenvalue weighted by Crippen LogP contribution is 2.18. The second kappa shape index (κ2) is 7.59. The second-order valence-corrected chi connectivity index (χ2v) is 4.83. The van der Waals surface area contributed by atoms with Crippen LogP contribution in [0, 0.1) is 0 Å². The number of ether oxygens (including phenoxy) is 1. The Kier molecular flexibility index (Phi) is 5.51. The summed E-state index contributed by atoms with van der Waals surface area (Å²) in [6.45, 7) is 2.47. The Bertz CT molecular complexity index is 637. The molecule has 0 aliphatic carbocycles. The van der Waals surface area contributed by atoms with Gasteiger partial charge in [0.1, 0.15) is 6.33 Å². The van der Waals surface area contributed by atoms with Crippen molar-refractivity contribution in [2.24, 2.45) is 0 Å². The molecular weight excluding hydrogens is 290 g/mol. The number of esters is 1. The lowest BCUT2D eigenvalue weighted by Gasteiger charge is -1.98. The van der Waals surface area contributed by atoms with Gasteiger partial charge in [-0.05, 0) is 18.6 Å². The maximum absolute atomic E-state index is 11.4. The zero-order valence-electron chi connectivity index (χ0n) is 11.7. The van der Waals surface area contributed by atoms with Gasteiger partial charge in [-0.25, -0.2) is 14.5 Å². The SMILES string of the molecule is CCCCOC(=O)/C=C/n1cnc(-c2cccc(Cl)c2)n1. The Labute approximate surface area is 128 Å². The first-order valence-corrected chi connectivity index (χ1v) is 7.09. The molecule has 1 aromatic carbocycles. The highest BCUT2D eigenvalue weighted by molar-refractivity contribution is 6.30. The molecule has 2 rings (SSSR count). The monoisotopic (exact) mass is 305 g/mol. The van der Waals surface area contributed by atoms with Gasteiger partial charge in [0.05, 0.1) is 6.61 Å². The quantitative estimate of drug-likeness (QED) is 0.466. The number of rotatable bonds is 6. The zero-order chi connectivity index (χ0) is 15.1. The van der Waals surface area contributed by atoms with Crippen LogP contribution in [0.15, 0.2) is 36.7 Å². The Morgan fingerprint density at radius 2 is 2.33 bits per heavy atom. The van der Waals surface area contributed by atoms with E-state index in [1.807, 2.05) is 19.1 Å². The maximum Gasteiger partial charge on any atom is 0.332 e. The van der Waals surface area contributed by atoms with Crippen LogP contribution in [0.25, 0.3) is 17.6 Å². The number of carbonyl (C=O) groups excluding carboxylic acids is 1. The smallest absolute Gasteiger partial charge is 0.332 e. The number of hydrogen-bond donors (Lipinski definition) is 0. The number of nitrogens with zero attached hydrogens (tertiary/aromatic N) is 3. The summed E-state index contributed by atoms with van der Waals surface area (Å²) in [5, 5.41) is 4.87. The predicted molar refractivity (Wildman–Crippen MR) is 81.7 cm³/mol. The maximum atomic E-state index is 11.4. The summed E-state index contributed by atoms with van der Waals surface area (Å²) in [6, 6.07) is 7.27. The first kappa shape index (κ1) is 15.3. The average molecular weight is 306 g/mol. The average Bonchev–Trinajstić information content (AvgIpc) is 2.94. The Morgan fingerprint density at radius 1 is 1.48 bits per heavy atom. The van der Waals surface area contributed by atoms with Crippen LogP contribution in [0.1, 0.15) is 19.8 Å². The summed E-state index contributed by atoms with van der Waals surface area (Å²) < 4.78 is 6.46. The van der Waals surface area contributed by atoms with Gasteiger partial charge in [-0.3, -0.25) is 0 Å². The minimum atomic E-state index is -0.386. The van der Waals surface area contributed by atoms with E-state index in [9.17, 15) is 4.79 Å². The molecule has 6 heteroatoms. The number of hydrogen-bond acceptors (Lipinski definition) is 4. The van der Waals surface area contributed by atoms with Crippen molar-refractivity contribution in [3.05, 3.63) is 41.7 Å². The van der Waals surface area contributed by atoms with Crippen LogP contribution in [-0.2, 0) is 9.53 Å². The van der Waals surface area contributed by atoms with Crippen molar-refractivity contribution in [1.82, 2.24) is 14.8 Å². The Morgan fingerprint density at radius 3 is 3.10 bits per heavy atom. The molecule has 0 fully saturated rings. The molecule has 1 aromatic heterocycles. The van der Waals surface area contributed by atoms with Crippen LogP contribution < -0.4 is 0 Å². The van der Waals surface area contributed by atoms with E-state index >= 15 is 0 Å². The highest BCUT2D eigenvalue weighted by Gasteiger charge is 2.04. The zero-order valence-corrected chi connectivity index (χ0v) is 12.5. The number of aromatic nitrogens is 3. The molecule has 0 saturated carbocycles. The molecule has 2 aromatic rings. The summed E-state index contributed by atoms with van der Waals surface area (Å²) in [7, 11) is 0. The van der Waals surface area contributed by atoms with Crippen molar-refractivity contribution in [2.75, 3.05) is 6.61 Å². The van der Waals surface area contributed by atoms with E-state index in [0.29, 0.717) is 17.5 Å². The van der Waals surface area contributed by atoms with E-state index in [1.54, 1.807) is 12.1 Å². The number of halogens is 1. The third kappa shape index (κ3) is 4.72. The molecule has 0 radical (unpaired) electrons. The molecule has 0 saturated heterocycles. The van der Waals surface area contributed by atoms with Gasteiger partial charge >= 0.3 is 5.97 Å². The molecule has 1 heterocycles. The summed E-state index contributed by atoms with van der Waals surface area (Å²) >= 11 is 5.93. The third-order valence-corrected chi connectivity index (χ3v) is 2.93. The van der Waals surface area contributed by atoms with Crippen LogP contribution in [0.3, 0.4) is 0 Å². The Hall–Kier alpha value is -2.14. The van der Waals surface area contributed by atoms with Crippen LogP contribution in [0.5, 0.6) is 0 Å². The van der Waals surface area contributed by atoms with Crippen molar-refractivity contribution in [3.8, 4) is 11.4 Å². The first-order chi connectivity index (χ1) is 10.2. The first-order valence-electron chi connectivity index (χ1n) is 6.71. The van der Waals surface area contributed by atoms with Crippen molar-refractivity contribution < 1.29 is 9.53 Å². The number of carbonyl (C=O) groups is 1. The fraction of sp³-hybridized carbons (Fsp3) is 0.267. The lowest BCUT2D eigenvalue weighted by molar-refractivity contribution is -0.137. The number of benzene rings is 1. The molecule has 0 atom stereocenters. The van der Waals surface area contributed by atoms with Crippen molar-refractivity contribution >= 4 is 23.8 Å². The van der Waals surface area contributed by atoms with Gasteiger partial charge in [-0.2, -0.15) is 0 Å². The van der Waals surface area contributed by atoms with Crippen LogP contribution >= 0.6 is 11.6 Å². The molecule has 0 N–H and O–H groups in total. The Balaban J connectivity index is 1.98. The van der Waals surface area contributed by atoms with Crippen molar-refractivity contribution in [3.63, 3.8) is 0 Å². The minimum Gasteiger partial charge on any atom is -0.462 e. The second-order valence-electron chi connectivity index (χ2n) is 4.40. The van der Waals surface area contributed by atoms with E-state index < -0.39 is 0 Å². The molecule has 0 bridgehead atoms. The predicted octanol–water partition coefficient (Wildman–Crippen LogP) is 3.41. The van der Waals surface area contributed by atoms with E-state index in [0.717, 1.165) is 18.4 Å². The summed E-state index contributed by atoms with van der Waals surface area (Å²) in [5.74, 6) is 0.157. The number of unbranched alkanes of at least 4 members (excludes halogenated alkanes) is 1. The van der Waals surface area contributed by atoms with Gasteiger partial charge in [-0.15, -0.1) is 5.10 Å². The van der Waals surface area contributed by atoms with Crippen molar-refractivity contribution in [1.29, 1.82) is 0 Å². The molecule has 0 spiro atoms. The summed E-state index contributed by atoms with van der Waals surface area (Å²) in [4.78, 5) is 15.6. The molecule has 110 valence electrons. The van der Waals surface area contributed by atoms with Gasteiger partial charge in [0, 0.05) is 22.9 Å². The van der Waals surface area contributed by atoms with Gasteiger partial charge in [-0.1, -0.05) is 37.1 Å². The van der Waals surface area contributed by atoms with Crippen molar-refractivity contribution in [2.45, 2.75) is 19.8 Å². The molecule has 21 heavy (non-hydrogen) atoms. The minimum absolute atomic E-state index is 0.386. The van der Waals surface area contributed by atoms with Gasteiger partial charge in [0.2, 0.25) is 0 Å². The largest absolute Gasteiger partial charge is 0.462 e. The molecule has 5 nitrogen and oxygen atoms in total. The van der Waals surface area contributed by atoms with E-state index in [1.165, 1.54) is 23.3 Å². The highest BCUT2D eigenvalue weighted by atomic mass is 35.5. The van der Waals surface area contributed by atoms with Gasteiger partial charge in [0.15, 0.2) is 5.82 Å². The standard InChI is InChI=1S/C15H16ClN3O2/c1-2-3-9-21-14(20)7-8-19-11-17-15(18-19)12-5-4-6-13(16)10-12/h4-8,10-11H,2-3,9H2,1H3/b8-7+. The molecular formula is C15H16ClN3O2. The fourth-order valence-electron chi connectivity index (χ4n) is 1.61. The molecule has 0 amide bonds. The van der Waals surface area contributed by atoms with Gasteiger partial charge < -0.3 is 4.74 Å². The summed E-state index contributed by atoms with van der Waals surface area (Å²) in [5.41, 5.74) is 0.820. The lowest BCUT2D eigenvalue weighted by atomic mass is 10.2. The fourth-order valence-corrected chi connectivity index (χ4v) is 1.80. The topological polar surface area (TPSA) is 57.0 Å². The van der Waals surface area contributed by atoms with E-state index in [4.69, 9.17) is 16.3 Å². The molecule has 0 aliphatic rings. The van der Waals surface area contributed by atoms with Crippen LogP contribution in [0.4, 0.5) is 0 Å². The molecule has 0 unspecified atom stereocenters. The van der Waals surface area contributed by atoms with E-state index in [2.05, 4.69) is 10.1 Å². The summed E-state index contributed by atoms with van der Waals surface area (Å²) in [6.07, 6.45) is 6.21. The van der Waals surface area contributed by atoms with Crippen LogP contribution in [0.2, 0.25) is 5.02 Å². The van der Waals surface area contributed by atoms with Crippen LogP contribution in [-0.4, -0.2) is 27.3 Å². The van der Waals surface area contributed by atoms with E-state index in [-0.39, 0.29) is 5.97 Å². The lowest BCUT2D eigenvalue weighted by Crippen LogP contribution is -2.02. The normalized spacial score (nSPS) is 11.0. The molecule has 0 aliphatic heterocycles. The van der Waals surface area contributed by atoms with Gasteiger partial charge in [0.25, 0.3) is 0 Å². The third-order valence-electron chi connectivity index (χ3n) is 2.70.